The number of carbonyl (C=O) groups is 2. The van der Waals surface area contributed by atoms with E-state index in [0.717, 1.165) is 11.1 Å². The number of nitrogens with one attached hydrogen (secondary N) is 3. The molecular formula is C20H27N7O2. The lowest BCUT2D eigenvalue weighted by Crippen LogP contribution is -2.45. The van der Waals surface area contributed by atoms with Gasteiger partial charge >= 0.3 is 0 Å². The Balaban J connectivity index is 2.66. The summed E-state index contributed by atoms with van der Waals surface area (Å²) in [6.07, 6.45) is 0.433. The van der Waals surface area contributed by atoms with Gasteiger partial charge in [-0.2, -0.15) is 5.10 Å². The molecule has 0 atom stereocenters. The van der Waals surface area contributed by atoms with Crippen molar-refractivity contribution in [1.29, 1.82) is 0 Å². The largest absolute Gasteiger partial charge is 0.385 e. The van der Waals surface area contributed by atoms with Gasteiger partial charge in [-0.3, -0.25) is 9.59 Å². The Morgan fingerprint density at radius 3 is 1.62 bits per heavy atom. The standard InChI is InChI=1S/C20H27N7O2/c1-24-17(28)13-3-7-15(8-4-13)20(11-12-21,19(22)26-27-23)16-9-5-14(6-10-16)18(29)25-2/h3-10,27H,11-12,21,23H2,1-2H3,(H2,22,26)(H,24,28)(H,25,29). The van der Waals surface area contributed by atoms with Gasteiger partial charge in [0.05, 0.1) is 5.41 Å². The number of carbonyl (C=O) groups excluding carboxylic acids is 2. The van der Waals surface area contributed by atoms with Crippen LogP contribution in [0.3, 0.4) is 0 Å². The first-order chi connectivity index (χ1) is 13.9. The Bertz CT molecular complexity index is 817. The molecule has 0 saturated heterocycles. The molecule has 2 aromatic rings. The third kappa shape index (κ3) is 4.36. The molecule has 2 rings (SSSR count). The van der Waals surface area contributed by atoms with Crippen molar-refractivity contribution in [2.45, 2.75) is 11.8 Å². The Labute approximate surface area is 169 Å². The van der Waals surface area contributed by atoms with E-state index in [0.29, 0.717) is 24.1 Å². The van der Waals surface area contributed by atoms with E-state index in [2.05, 4.69) is 21.3 Å². The molecular weight excluding hydrogens is 370 g/mol. The number of benzene rings is 2. The summed E-state index contributed by atoms with van der Waals surface area (Å²) in [7, 11) is 3.14. The van der Waals surface area contributed by atoms with E-state index in [1.807, 2.05) is 24.3 Å². The second-order valence-corrected chi connectivity index (χ2v) is 6.38. The molecule has 0 aliphatic rings. The van der Waals surface area contributed by atoms with Crippen molar-refractivity contribution in [1.82, 2.24) is 16.2 Å². The van der Waals surface area contributed by atoms with E-state index in [1.165, 1.54) is 0 Å². The average molecular weight is 397 g/mol. The number of hydrogen-bond donors (Lipinski definition) is 6. The molecule has 0 radical (unpaired) electrons. The van der Waals surface area contributed by atoms with Crippen molar-refractivity contribution in [2.75, 3.05) is 20.6 Å². The van der Waals surface area contributed by atoms with Crippen LogP contribution in [0.25, 0.3) is 0 Å². The highest BCUT2D eigenvalue weighted by Gasteiger charge is 2.38. The van der Waals surface area contributed by atoms with Gasteiger partial charge in [0.15, 0.2) is 0 Å². The summed E-state index contributed by atoms with van der Waals surface area (Å²) in [6.45, 7) is 0.315. The fourth-order valence-corrected chi connectivity index (χ4v) is 3.36. The maximum absolute atomic E-state index is 11.9. The van der Waals surface area contributed by atoms with Crippen LogP contribution in [0, 0.1) is 0 Å². The number of amidine groups is 1. The Morgan fingerprint density at radius 1 is 0.897 bits per heavy atom. The van der Waals surface area contributed by atoms with E-state index in [4.69, 9.17) is 17.3 Å². The summed E-state index contributed by atoms with van der Waals surface area (Å²) in [5, 5.41) is 9.20. The smallest absolute Gasteiger partial charge is 0.251 e. The third-order valence-corrected chi connectivity index (χ3v) is 4.88. The van der Waals surface area contributed by atoms with Crippen molar-refractivity contribution < 1.29 is 9.59 Å². The first-order valence-electron chi connectivity index (χ1n) is 9.09. The zero-order valence-corrected chi connectivity index (χ0v) is 16.5. The summed E-state index contributed by atoms with van der Waals surface area (Å²) in [4.78, 5) is 23.8. The summed E-state index contributed by atoms with van der Waals surface area (Å²) in [6, 6.07) is 14.1. The number of amides is 2. The minimum absolute atomic E-state index is 0.193. The highest BCUT2D eigenvalue weighted by atomic mass is 16.2. The number of hydrogen-bond acceptors (Lipinski definition) is 6. The SMILES string of the molecule is CNC(=O)c1ccc(C(CCN)(/C(N)=N/NN)c2ccc(C(=O)NC)cc2)cc1. The molecule has 0 bridgehead atoms. The predicted molar refractivity (Wildman–Crippen MR) is 113 cm³/mol. The normalized spacial score (nSPS) is 11.7. The fraction of sp³-hybridized carbons (Fsp3) is 0.250. The van der Waals surface area contributed by atoms with Gasteiger partial charge in [-0.05, 0) is 48.4 Å². The predicted octanol–water partition coefficient (Wildman–Crippen LogP) is -0.224. The molecule has 0 aliphatic carbocycles. The molecule has 0 heterocycles. The van der Waals surface area contributed by atoms with Crippen LogP contribution in [-0.4, -0.2) is 38.3 Å². The summed E-state index contributed by atoms with van der Waals surface area (Å²) in [5.74, 6) is 5.21. The quantitative estimate of drug-likeness (QED) is 0.156. The number of nitrogens with zero attached hydrogens (tertiary/aromatic N) is 1. The van der Waals surface area contributed by atoms with Crippen LogP contribution in [0.15, 0.2) is 53.6 Å². The second-order valence-electron chi connectivity index (χ2n) is 6.38. The molecule has 0 aromatic heterocycles. The number of hydrazone groups is 1. The van der Waals surface area contributed by atoms with Gasteiger partial charge in [-0.1, -0.05) is 24.3 Å². The van der Waals surface area contributed by atoms with E-state index in [-0.39, 0.29) is 17.6 Å². The lowest BCUT2D eigenvalue weighted by molar-refractivity contribution is 0.0955. The topological polar surface area (TPSA) is 161 Å². The summed E-state index contributed by atoms with van der Waals surface area (Å²) >= 11 is 0. The molecule has 29 heavy (non-hydrogen) atoms. The summed E-state index contributed by atoms with van der Waals surface area (Å²) < 4.78 is 0. The van der Waals surface area contributed by atoms with Crippen molar-refractivity contribution >= 4 is 17.6 Å². The minimum atomic E-state index is -0.899. The first kappa shape index (κ1) is 21.9. The number of hydrazine groups is 1. The van der Waals surface area contributed by atoms with E-state index >= 15 is 0 Å². The molecule has 2 amide bonds. The van der Waals surface area contributed by atoms with Gasteiger partial charge in [-0.25, -0.2) is 11.4 Å². The zero-order chi connectivity index (χ0) is 21.4. The highest BCUT2D eigenvalue weighted by Crippen LogP contribution is 2.36. The van der Waals surface area contributed by atoms with E-state index in [1.54, 1.807) is 38.4 Å². The number of nitrogens with two attached hydrogens (primary N) is 3. The molecule has 154 valence electrons. The fourth-order valence-electron chi connectivity index (χ4n) is 3.36. The first-order valence-corrected chi connectivity index (χ1v) is 9.09. The van der Waals surface area contributed by atoms with E-state index < -0.39 is 5.41 Å². The molecule has 0 spiro atoms. The molecule has 0 saturated carbocycles. The van der Waals surface area contributed by atoms with Gasteiger partial charge in [0.25, 0.3) is 11.8 Å². The van der Waals surface area contributed by atoms with Crippen molar-refractivity contribution in [3.05, 3.63) is 70.8 Å². The molecule has 0 fully saturated rings. The van der Waals surface area contributed by atoms with Crippen LogP contribution in [0.2, 0.25) is 0 Å². The maximum atomic E-state index is 11.9. The Morgan fingerprint density at radius 2 is 1.31 bits per heavy atom. The molecule has 9 nitrogen and oxygen atoms in total. The highest BCUT2D eigenvalue weighted by molar-refractivity contribution is 5.97. The van der Waals surface area contributed by atoms with Crippen LogP contribution in [-0.2, 0) is 5.41 Å². The minimum Gasteiger partial charge on any atom is -0.385 e. The molecule has 0 unspecified atom stereocenters. The lowest BCUT2D eigenvalue weighted by atomic mass is 9.70. The van der Waals surface area contributed by atoms with Crippen LogP contribution in [0.5, 0.6) is 0 Å². The van der Waals surface area contributed by atoms with Gasteiger partial charge in [-0.15, -0.1) is 0 Å². The summed E-state index contributed by atoms with van der Waals surface area (Å²) in [5.41, 5.74) is 16.2. The van der Waals surface area contributed by atoms with Crippen LogP contribution in [0.4, 0.5) is 0 Å². The van der Waals surface area contributed by atoms with Gasteiger partial charge < -0.3 is 22.1 Å². The lowest BCUT2D eigenvalue weighted by Gasteiger charge is -2.34. The Hall–Kier alpha value is -3.43. The third-order valence-electron chi connectivity index (χ3n) is 4.88. The van der Waals surface area contributed by atoms with Gasteiger partial charge in [0.2, 0.25) is 0 Å². The van der Waals surface area contributed by atoms with Crippen molar-refractivity contribution in [2.24, 2.45) is 22.4 Å². The zero-order valence-electron chi connectivity index (χ0n) is 16.5. The molecule has 0 aliphatic heterocycles. The monoisotopic (exact) mass is 397 g/mol. The van der Waals surface area contributed by atoms with Crippen LogP contribution < -0.4 is 33.5 Å². The average Bonchev–Trinajstić information content (AvgIpc) is 2.76. The van der Waals surface area contributed by atoms with Crippen molar-refractivity contribution in [3.8, 4) is 0 Å². The van der Waals surface area contributed by atoms with Crippen molar-refractivity contribution in [3.63, 3.8) is 0 Å². The maximum Gasteiger partial charge on any atom is 0.251 e. The van der Waals surface area contributed by atoms with E-state index in [9.17, 15) is 9.59 Å². The Kier molecular flexibility index (Phi) is 7.29. The number of rotatable bonds is 8. The molecule has 9 heteroatoms. The molecule has 2 aromatic carbocycles. The second kappa shape index (κ2) is 9.67. The van der Waals surface area contributed by atoms with Gasteiger partial charge in [0, 0.05) is 25.2 Å². The molecule has 9 N–H and O–H groups in total. The van der Waals surface area contributed by atoms with Crippen LogP contribution in [0.1, 0.15) is 38.3 Å². The van der Waals surface area contributed by atoms with Gasteiger partial charge in [0.1, 0.15) is 5.84 Å². The van der Waals surface area contributed by atoms with Crippen LogP contribution >= 0.6 is 0 Å².